The lowest BCUT2D eigenvalue weighted by Crippen LogP contribution is -2.35. The van der Waals surface area contributed by atoms with E-state index in [4.69, 9.17) is 18.7 Å². The minimum absolute atomic E-state index is 0.0347. The highest BCUT2D eigenvalue weighted by Crippen LogP contribution is 2.34. The van der Waals surface area contributed by atoms with Gasteiger partial charge in [-0.05, 0) is 30.5 Å². The maximum atomic E-state index is 12.3. The summed E-state index contributed by atoms with van der Waals surface area (Å²) in [5.74, 6) is 0.289. The van der Waals surface area contributed by atoms with E-state index in [1.54, 1.807) is 6.92 Å². The second-order valence-electron chi connectivity index (χ2n) is 6.60. The van der Waals surface area contributed by atoms with Crippen molar-refractivity contribution in [3.05, 3.63) is 41.3 Å². The van der Waals surface area contributed by atoms with Crippen LogP contribution in [0.15, 0.2) is 28.8 Å². The molecular formula is C19H22N2O6. The summed E-state index contributed by atoms with van der Waals surface area (Å²) >= 11 is 0. The lowest BCUT2D eigenvalue weighted by Gasteiger charge is -2.25. The molecule has 0 spiro atoms. The van der Waals surface area contributed by atoms with Gasteiger partial charge in [0.1, 0.15) is 13.2 Å². The van der Waals surface area contributed by atoms with Crippen molar-refractivity contribution in [2.75, 3.05) is 19.8 Å². The predicted octanol–water partition coefficient (Wildman–Crippen LogP) is 2.42. The van der Waals surface area contributed by atoms with Gasteiger partial charge in [0.2, 0.25) is 5.76 Å². The van der Waals surface area contributed by atoms with Crippen molar-refractivity contribution in [3.63, 3.8) is 0 Å². The molecule has 0 aliphatic carbocycles. The van der Waals surface area contributed by atoms with Crippen LogP contribution in [-0.2, 0) is 9.53 Å². The zero-order chi connectivity index (χ0) is 19.4. The number of benzene rings is 1. The van der Waals surface area contributed by atoms with Gasteiger partial charge in [-0.3, -0.25) is 4.79 Å². The molecule has 1 aromatic heterocycles. The second kappa shape index (κ2) is 8.11. The fraction of sp³-hybridized carbons (Fsp3) is 0.421. The lowest BCUT2D eigenvalue weighted by atomic mass is 9.95. The Morgan fingerprint density at radius 1 is 1.19 bits per heavy atom. The zero-order valence-corrected chi connectivity index (χ0v) is 15.5. The summed E-state index contributed by atoms with van der Waals surface area (Å²) in [6.45, 7) is 6.27. The van der Waals surface area contributed by atoms with Gasteiger partial charge in [0.25, 0.3) is 5.91 Å². The first-order valence-electron chi connectivity index (χ1n) is 8.73. The number of aryl methyl sites for hydroxylation is 1. The average Bonchev–Trinajstić information content (AvgIpc) is 3.10. The summed E-state index contributed by atoms with van der Waals surface area (Å²) in [5.41, 5.74) is 1.45. The fourth-order valence-corrected chi connectivity index (χ4v) is 2.77. The topological polar surface area (TPSA) is 99.9 Å². The molecule has 1 N–H and O–H groups in total. The molecule has 144 valence electrons. The molecule has 3 rings (SSSR count). The lowest BCUT2D eigenvalue weighted by molar-refractivity contribution is -0.125. The van der Waals surface area contributed by atoms with Crippen LogP contribution in [0.5, 0.6) is 11.5 Å². The van der Waals surface area contributed by atoms with Crippen molar-refractivity contribution in [1.82, 2.24) is 10.5 Å². The highest BCUT2D eigenvalue weighted by molar-refractivity contribution is 5.88. The van der Waals surface area contributed by atoms with Crippen LogP contribution in [-0.4, -0.2) is 36.9 Å². The standard InChI is InChI=1S/C19H22N2O6/c1-11(2)18(13-4-5-14-15(9-13)25-7-6-24-14)20-17(22)10-26-19(23)16-8-12(3)21-27-16/h4-5,8-9,11,18H,6-7,10H2,1-3H3,(H,20,22)/t18-/m1/s1. The molecular weight excluding hydrogens is 352 g/mol. The molecule has 2 heterocycles. The minimum Gasteiger partial charge on any atom is -0.486 e. The molecule has 0 saturated carbocycles. The number of carbonyl (C=O) groups is 2. The molecule has 1 atom stereocenters. The van der Waals surface area contributed by atoms with Gasteiger partial charge in [-0.1, -0.05) is 25.1 Å². The summed E-state index contributed by atoms with van der Waals surface area (Å²) in [4.78, 5) is 24.1. The number of nitrogens with one attached hydrogen (secondary N) is 1. The number of aromatic nitrogens is 1. The Hall–Kier alpha value is -3.03. The van der Waals surface area contributed by atoms with Gasteiger partial charge in [0, 0.05) is 6.07 Å². The van der Waals surface area contributed by atoms with E-state index in [2.05, 4.69) is 10.5 Å². The fourth-order valence-electron chi connectivity index (χ4n) is 2.77. The number of nitrogens with zero attached hydrogens (tertiary/aromatic N) is 1. The highest BCUT2D eigenvalue weighted by Gasteiger charge is 2.22. The number of esters is 1. The Labute approximate surface area is 156 Å². The van der Waals surface area contributed by atoms with E-state index in [1.807, 2.05) is 32.0 Å². The van der Waals surface area contributed by atoms with Gasteiger partial charge < -0.3 is 24.1 Å². The van der Waals surface area contributed by atoms with Crippen molar-refractivity contribution in [2.24, 2.45) is 5.92 Å². The molecule has 0 radical (unpaired) electrons. The number of carbonyl (C=O) groups excluding carboxylic acids is 2. The largest absolute Gasteiger partial charge is 0.486 e. The van der Waals surface area contributed by atoms with Crippen molar-refractivity contribution >= 4 is 11.9 Å². The molecule has 27 heavy (non-hydrogen) atoms. The van der Waals surface area contributed by atoms with E-state index in [0.29, 0.717) is 30.4 Å². The first kappa shape index (κ1) is 18.8. The van der Waals surface area contributed by atoms with Crippen LogP contribution in [0.1, 0.15) is 41.7 Å². The van der Waals surface area contributed by atoms with Crippen molar-refractivity contribution in [3.8, 4) is 11.5 Å². The molecule has 1 aromatic carbocycles. The van der Waals surface area contributed by atoms with E-state index < -0.39 is 18.5 Å². The predicted molar refractivity (Wildman–Crippen MR) is 94.7 cm³/mol. The molecule has 0 fully saturated rings. The molecule has 8 nitrogen and oxygen atoms in total. The summed E-state index contributed by atoms with van der Waals surface area (Å²) < 4.78 is 20.9. The monoisotopic (exact) mass is 374 g/mol. The quantitative estimate of drug-likeness (QED) is 0.775. The average molecular weight is 374 g/mol. The number of fused-ring (bicyclic) bond motifs is 1. The van der Waals surface area contributed by atoms with Crippen LogP contribution >= 0.6 is 0 Å². The van der Waals surface area contributed by atoms with E-state index in [1.165, 1.54) is 6.07 Å². The summed E-state index contributed by atoms with van der Waals surface area (Å²) in [6.07, 6.45) is 0. The number of ether oxygens (including phenoxy) is 3. The van der Waals surface area contributed by atoms with E-state index in [0.717, 1.165) is 5.56 Å². The second-order valence-corrected chi connectivity index (χ2v) is 6.60. The third-order valence-corrected chi connectivity index (χ3v) is 4.07. The Bertz CT molecular complexity index is 829. The number of rotatable bonds is 6. The van der Waals surface area contributed by atoms with Crippen LogP contribution in [0.4, 0.5) is 0 Å². The van der Waals surface area contributed by atoms with E-state index >= 15 is 0 Å². The molecule has 1 aliphatic heterocycles. The molecule has 1 amide bonds. The Morgan fingerprint density at radius 3 is 2.59 bits per heavy atom. The summed E-state index contributed by atoms with van der Waals surface area (Å²) in [7, 11) is 0. The van der Waals surface area contributed by atoms with Gasteiger partial charge in [-0.15, -0.1) is 0 Å². The molecule has 0 bridgehead atoms. The number of hydrogen-bond donors (Lipinski definition) is 1. The number of amides is 1. The van der Waals surface area contributed by atoms with Gasteiger partial charge in [-0.2, -0.15) is 0 Å². The SMILES string of the molecule is Cc1cc(C(=O)OCC(=O)N[C@@H](c2ccc3c(c2)OCCO3)C(C)C)on1. The van der Waals surface area contributed by atoms with E-state index in [-0.39, 0.29) is 17.7 Å². The third-order valence-electron chi connectivity index (χ3n) is 4.07. The van der Waals surface area contributed by atoms with Crippen LogP contribution in [0.3, 0.4) is 0 Å². The van der Waals surface area contributed by atoms with Crippen LogP contribution in [0, 0.1) is 12.8 Å². The first-order valence-corrected chi connectivity index (χ1v) is 8.73. The number of hydrogen-bond acceptors (Lipinski definition) is 7. The van der Waals surface area contributed by atoms with Crippen molar-refractivity contribution in [1.29, 1.82) is 0 Å². The Morgan fingerprint density at radius 2 is 1.93 bits per heavy atom. The third kappa shape index (κ3) is 4.58. The first-order chi connectivity index (χ1) is 12.9. The van der Waals surface area contributed by atoms with Crippen molar-refractivity contribution in [2.45, 2.75) is 26.8 Å². The molecule has 0 saturated heterocycles. The van der Waals surface area contributed by atoms with Gasteiger partial charge in [0.05, 0.1) is 11.7 Å². The van der Waals surface area contributed by atoms with Gasteiger partial charge in [0.15, 0.2) is 18.1 Å². The van der Waals surface area contributed by atoms with Crippen molar-refractivity contribution < 1.29 is 28.3 Å². The van der Waals surface area contributed by atoms with Gasteiger partial charge >= 0.3 is 5.97 Å². The smallest absolute Gasteiger partial charge is 0.377 e. The highest BCUT2D eigenvalue weighted by atomic mass is 16.6. The maximum absolute atomic E-state index is 12.3. The van der Waals surface area contributed by atoms with Crippen LogP contribution < -0.4 is 14.8 Å². The van der Waals surface area contributed by atoms with E-state index in [9.17, 15) is 9.59 Å². The summed E-state index contributed by atoms with van der Waals surface area (Å²) in [6, 6.07) is 6.77. The molecule has 1 aliphatic rings. The van der Waals surface area contributed by atoms with Crippen LogP contribution in [0.2, 0.25) is 0 Å². The normalized spacial score (nSPS) is 13.9. The minimum atomic E-state index is -0.730. The molecule has 2 aromatic rings. The Balaban J connectivity index is 1.62. The molecule has 0 unspecified atom stereocenters. The maximum Gasteiger partial charge on any atom is 0.377 e. The summed E-state index contributed by atoms with van der Waals surface area (Å²) in [5, 5.41) is 6.51. The van der Waals surface area contributed by atoms with Gasteiger partial charge in [-0.25, -0.2) is 4.79 Å². The zero-order valence-electron chi connectivity index (χ0n) is 15.5. The Kier molecular flexibility index (Phi) is 5.63. The van der Waals surface area contributed by atoms with Crippen LogP contribution in [0.25, 0.3) is 0 Å². The molecule has 8 heteroatoms.